The fourth-order valence-electron chi connectivity index (χ4n) is 5.76. The average molecular weight is 715 g/mol. The van der Waals surface area contributed by atoms with E-state index in [4.69, 9.17) is 9.05 Å². The SMILES string of the molecule is CC(C)(C)c1ccc(OP(=O)(Oc2ccc(C(C)(C)C)cc2C(C)(C)C)c2ccc(C(C)(C)C)cc2C(C)(C)C)c(C(C)(C)C)c1.c1c[nH]cn1. The van der Waals surface area contributed by atoms with Gasteiger partial charge in [-0.2, -0.15) is 0 Å². The Morgan fingerprint density at radius 2 is 0.843 bits per heavy atom. The number of aromatic nitrogens is 2. The van der Waals surface area contributed by atoms with Crippen molar-refractivity contribution in [2.24, 2.45) is 0 Å². The summed E-state index contributed by atoms with van der Waals surface area (Å²) in [5.41, 5.74) is 5.59. The average Bonchev–Trinajstić information content (AvgIpc) is 3.54. The van der Waals surface area contributed by atoms with Crippen molar-refractivity contribution in [1.29, 1.82) is 0 Å². The molecule has 1 N–H and O–H groups in total. The summed E-state index contributed by atoms with van der Waals surface area (Å²) in [5.74, 6) is 1.18. The molecule has 0 spiro atoms. The van der Waals surface area contributed by atoms with E-state index in [0.717, 1.165) is 16.7 Å². The monoisotopic (exact) mass is 714 g/mol. The highest BCUT2D eigenvalue weighted by Crippen LogP contribution is 2.54. The minimum absolute atomic E-state index is 0.0443. The maximum Gasteiger partial charge on any atom is 0.463 e. The van der Waals surface area contributed by atoms with Crippen LogP contribution in [-0.2, 0) is 37.1 Å². The standard InChI is InChI=1S/C42H63O3P.C3H4N2/c1-37(2,3)28-19-22-34(31(25-28)40(10,11)12)44-46(43,36-24-21-30(39(7,8)9)27-33(36)42(16,17)18)45-35-23-20-29(38(4,5)6)26-32(35)41(13,14)15;1-2-5-3-4-1/h19-27H,1-18H3;1-3H,(H,4,5). The molecule has 0 aliphatic rings. The topological polar surface area (TPSA) is 64.2 Å². The number of nitrogens with one attached hydrogen (secondary N) is 1. The molecular formula is C45H67N2O3P. The molecule has 0 saturated heterocycles. The smallest absolute Gasteiger partial charge is 0.412 e. The summed E-state index contributed by atoms with van der Waals surface area (Å²) in [4.78, 5) is 6.42. The van der Waals surface area contributed by atoms with E-state index in [9.17, 15) is 0 Å². The molecule has 3 aromatic carbocycles. The number of nitrogens with zero attached hydrogens (tertiary/aromatic N) is 1. The van der Waals surface area contributed by atoms with Gasteiger partial charge in [0.2, 0.25) is 0 Å². The zero-order valence-corrected chi connectivity index (χ0v) is 35.9. The Bertz CT molecular complexity index is 1710. The van der Waals surface area contributed by atoms with Gasteiger partial charge in [0.25, 0.3) is 0 Å². The first-order valence-electron chi connectivity index (χ1n) is 18.3. The van der Waals surface area contributed by atoms with Gasteiger partial charge in [0.15, 0.2) is 0 Å². The molecule has 280 valence electrons. The van der Waals surface area contributed by atoms with Gasteiger partial charge in [0.05, 0.1) is 11.6 Å². The van der Waals surface area contributed by atoms with Gasteiger partial charge in [0.1, 0.15) is 11.5 Å². The number of H-pyrrole nitrogens is 1. The molecule has 4 aromatic rings. The molecule has 6 heteroatoms. The molecule has 0 unspecified atom stereocenters. The van der Waals surface area contributed by atoms with E-state index in [-0.39, 0.29) is 32.5 Å². The molecule has 0 aliphatic carbocycles. The molecule has 0 bridgehead atoms. The Labute approximate surface area is 310 Å². The normalized spacial score (nSPS) is 13.4. The molecule has 0 aliphatic heterocycles. The van der Waals surface area contributed by atoms with Gasteiger partial charge in [-0.3, -0.25) is 0 Å². The summed E-state index contributed by atoms with van der Waals surface area (Å²) in [7, 11) is -4.03. The summed E-state index contributed by atoms with van der Waals surface area (Å²) >= 11 is 0. The molecule has 0 saturated carbocycles. The van der Waals surface area contributed by atoms with Crippen LogP contribution < -0.4 is 14.4 Å². The van der Waals surface area contributed by atoms with Gasteiger partial charge >= 0.3 is 7.60 Å². The molecule has 1 heterocycles. The van der Waals surface area contributed by atoms with Gasteiger partial charge in [-0.05, 0) is 72.9 Å². The summed E-state index contributed by atoms with van der Waals surface area (Å²) in [6.07, 6.45) is 5.08. The molecule has 0 amide bonds. The highest BCUT2D eigenvalue weighted by molar-refractivity contribution is 7.63. The van der Waals surface area contributed by atoms with E-state index in [1.807, 2.05) is 18.2 Å². The fraction of sp³-hybridized carbons (Fsp3) is 0.533. The fourth-order valence-corrected chi connectivity index (χ4v) is 7.78. The van der Waals surface area contributed by atoms with Crippen LogP contribution in [0.1, 0.15) is 158 Å². The maximum atomic E-state index is 15.9. The van der Waals surface area contributed by atoms with E-state index in [0.29, 0.717) is 16.8 Å². The lowest BCUT2D eigenvalue weighted by Gasteiger charge is -2.33. The van der Waals surface area contributed by atoms with Crippen molar-refractivity contribution in [1.82, 2.24) is 9.97 Å². The highest BCUT2D eigenvalue weighted by Gasteiger charge is 2.40. The largest absolute Gasteiger partial charge is 0.463 e. The summed E-state index contributed by atoms with van der Waals surface area (Å²) in [6, 6.07) is 18.9. The van der Waals surface area contributed by atoms with Crippen LogP contribution in [0.3, 0.4) is 0 Å². The predicted molar refractivity (Wildman–Crippen MR) is 219 cm³/mol. The Hall–Kier alpha value is -3.30. The molecule has 1 aromatic heterocycles. The van der Waals surface area contributed by atoms with Gasteiger partial charge in [-0.25, -0.2) is 9.55 Å². The molecule has 4 rings (SSSR count). The van der Waals surface area contributed by atoms with Crippen molar-refractivity contribution in [2.75, 3.05) is 0 Å². The third-order valence-corrected chi connectivity index (χ3v) is 11.0. The summed E-state index contributed by atoms with van der Waals surface area (Å²) < 4.78 is 29.6. The molecule has 0 atom stereocenters. The zero-order valence-electron chi connectivity index (χ0n) is 35.0. The van der Waals surface area contributed by atoms with E-state index in [2.05, 4.69) is 171 Å². The molecule has 0 radical (unpaired) electrons. The minimum Gasteiger partial charge on any atom is -0.412 e. The molecule has 51 heavy (non-hydrogen) atoms. The van der Waals surface area contributed by atoms with Gasteiger partial charge in [-0.1, -0.05) is 161 Å². The van der Waals surface area contributed by atoms with Crippen LogP contribution in [0, 0.1) is 0 Å². The lowest BCUT2D eigenvalue weighted by atomic mass is 9.80. The van der Waals surface area contributed by atoms with E-state index in [1.54, 1.807) is 18.7 Å². The Balaban J connectivity index is 0.00000129. The number of hydrogen-bond donors (Lipinski definition) is 1. The van der Waals surface area contributed by atoms with Crippen molar-refractivity contribution < 1.29 is 13.6 Å². The minimum atomic E-state index is -4.03. The summed E-state index contributed by atoms with van der Waals surface area (Å²) in [5, 5.41) is 0.604. The van der Waals surface area contributed by atoms with Crippen LogP contribution in [0.2, 0.25) is 0 Å². The second-order valence-corrected chi connectivity index (χ2v) is 21.9. The van der Waals surface area contributed by atoms with Crippen molar-refractivity contribution in [2.45, 2.75) is 157 Å². The third kappa shape index (κ3) is 10.9. The Morgan fingerprint density at radius 1 is 0.490 bits per heavy atom. The van der Waals surface area contributed by atoms with E-state index >= 15 is 4.57 Å². The van der Waals surface area contributed by atoms with Crippen molar-refractivity contribution >= 4 is 12.9 Å². The maximum absolute atomic E-state index is 15.9. The van der Waals surface area contributed by atoms with Crippen LogP contribution in [0.15, 0.2) is 73.3 Å². The first-order chi connectivity index (χ1) is 22.9. The lowest BCUT2D eigenvalue weighted by Crippen LogP contribution is -2.29. The Kier molecular flexibility index (Phi) is 12.1. The van der Waals surface area contributed by atoms with Crippen LogP contribution in [0.25, 0.3) is 0 Å². The number of imidazole rings is 1. The molecular weight excluding hydrogens is 647 g/mol. The lowest BCUT2D eigenvalue weighted by molar-refractivity contribution is 0.386. The van der Waals surface area contributed by atoms with Gasteiger partial charge in [-0.15, -0.1) is 0 Å². The summed E-state index contributed by atoms with van der Waals surface area (Å²) in [6.45, 7) is 39.5. The number of hydrogen-bond acceptors (Lipinski definition) is 4. The first-order valence-corrected chi connectivity index (χ1v) is 19.9. The number of aromatic amines is 1. The number of benzene rings is 3. The van der Waals surface area contributed by atoms with Crippen molar-refractivity contribution in [3.8, 4) is 11.5 Å². The first kappa shape index (κ1) is 42.1. The predicted octanol–water partition coefficient (Wildman–Crippen LogP) is 12.9. The Morgan fingerprint density at radius 3 is 1.12 bits per heavy atom. The number of rotatable bonds is 5. The van der Waals surface area contributed by atoms with Crippen LogP contribution in [0.5, 0.6) is 11.5 Å². The van der Waals surface area contributed by atoms with Crippen LogP contribution >= 0.6 is 7.60 Å². The van der Waals surface area contributed by atoms with Crippen LogP contribution in [0.4, 0.5) is 0 Å². The van der Waals surface area contributed by atoms with Crippen molar-refractivity contribution in [3.05, 3.63) is 107 Å². The van der Waals surface area contributed by atoms with Crippen LogP contribution in [-0.4, -0.2) is 9.97 Å². The molecule has 5 nitrogen and oxygen atoms in total. The third-order valence-electron chi connectivity index (χ3n) is 9.12. The zero-order chi connectivity index (χ0) is 39.0. The molecule has 0 fully saturated rings. The second-order valence-electron chi connectivity index (χ2n) is 20.1. The van der Waals surface area contributed by atoms with Gasteiger partial charge in [0, 0.05) is 23.5 Å². The quantitative estimate of drug-likeness (QED) is 0.209. The highest BCUT2D eigenvalue weighted by atomic mass is 31.2. The second kappa shape index (κ2) is 14.6. The van der Waals surface area contributed by atoms with E-state index in [1.165, 1.54) is 16.7 Å². The van der Waals surface area contributed by atoms with Crippen molar-refractivity contribution in [3.63, 3.8) is 0 Å². The van der Waals surface area contributed by atoms with Gasteiger partial charge < -0.3 is 14.0 Å². The van der Waals surface area contributed by atoms with E-state index < -0.39 is 7.60 Å².